The summed E-state index contributed by atoms with van der Waals surface area (Å²) >= 11 is 0. The molecular weight excluding hydrogens is 486 g/mol. The van der Waals surface area contributed by atoms with E-state index < -0.39 is 0 Å². The fraction of sp³-hybridized carbons (Fsp3) is 0.226. The molecule has 0 saturated carbocycles. The molecule has 7 rings (SSSR count). The van der Waals surface area contributed by atoms with Crippen molar-refractivity contribution in [3.8, 4) is 22.5 Å². The molecule has 39 heavy (non-hydrogen) atoms. The quantitative estimate of drug-likeness (QED) is 0.317. The largest absolute Gasteiger partial charge is 0.325 e. The van der Waals surface area contributed by atoms with Crippen molar-refractivity contribution < 1.29 is 0 Å². The lowest BCUT2D eigenvalue weighted by Crippen LogP contribution is -2.36. The zero-order valence-corrected chi connectivity index (χ0v) is 21.8. The molecule has 0 atom stereocenters. The van der Waals surface area contributed by atoms with Gasteiger partial charge in [0.15, 0.2) is 0 Å². The van der Waals surface area contributed by atoms with Crippen molar-refractivity contribution in [2.24, 2.45) is 0 Å². The highest BCUT2D eigenvalue weighted by molar-refractivity contribution is 5.95. The number of aryl methyl sites for hydroxylation is 1. The highest BCUT2D eigenvalue weighted by Crippen LogP contribution is 2.32. The van der Waals surface area contributed by atoms with Crippen LogP contribution in [0, 0.1) is 6.92 Å². The lowest BCUT2D eigenvalue weighted by molar-refractivity contribution is 0.178. The van der Waals surface area contributed by atoms with Gasteiger partial charge < -0.3 is 4.98 Å². The van der Waals surface area contributed by atoms with Gasteiger partial charge in [0.2, 0.25) is 0 Å². The Bertz CT molecular complexity index is 1820. The minimum atomic E-state index is 0.00202. The second-order valence-electron chi connectivity index (χ2n) is 10.4. The van der Waals surface area contributed by atoms with Crippen molar-refractivity contribution in [3.05, 3.63) is 101 Å². The summed E-state index contributed by atoms with van der Waals surface area (Å²) in [5.74, 6) is 0. The molecular formula is C31H29N7O. The first-order chi connectivity index (χ1) is 19.1. The Kier molecular flexibility index (Phi) is 5.82. The van der Waals surface area contributed by atoms with Gasteiger partial charge in [-0.1, -0.05) is 54.6 Å². The van der Waals surface area contributed by atoms with Crippen LogP contribution in [0.1, 0.15) is 30.1 Å². The van der Waals surface area contributed by atoms with Gasteiger partial charge in [0, 0.05) is 54.1 Å². The number of rotatable bonds is 5. The van der Waals surface area contributed by atoms with Crippen molar-refractivity contribution in [2.45, 2.75) is 32.4 Å². The maximum absolute atomic E-state index is 12.2. The van der Waals surface area contributed by atoms with E-state index in [0.717, 1.165) is 82.6 Å². The van der Waals surface area contributed by atoms with Crippen LogP contribution in [0.15, 0.2) is 83.9 Å². The van der Waals surface area contributed by atoms with Crippen LogP contribution in [0.2, 0.25) is 0 Å². The van der Waals surface area contributed by atoms with Crippen LogP contribution in [0.4, 0.5) is 0 Å². The molecule has 4 heterocycles. The van der Waals surface area contributed by atoms with Gasteiger partial charge in [-0.15, -0.1) is 0 Å². The van der Waals surface area contributed by atoms with Gasteiger partial charge in [0.05, 0.1) is 34.1 Å². The van der Waals surface area contributed by atoms with Crippen molar-refractivity contribution in [1.82, 2.24) is 34.6 Å². The summed E-state index contributed by atoms with van der Waals surface area (Å²) in [4.78, 5) is 27.7. The van der Waals surface area contributed by atoms with Crippen molar-refractivity contribution in [1.29, 1.82) is 0 Å². The zero-order chi connectivity index (χ0) is 26.3. The van der Waals surface area contributed by atoms with Gasteiger partial charge in [0.25, 0.3) is 0 Å². The van der Waals surface area contributed by atoms with E-state index in [1.807, 2.05) is 54.2 Å². The smallest absolute Gasteiger partial charge is 0.310 e. The number of benzene rings is 3. The predicted molar refractivity (Wildman–Crippen MR) is 153 cm³/mol. The van der Waals surface area contributed by atoms with Gasteiger partial charge in [-0.05, 0) is 37.5 Å². The minimum absolute atomic E-state index is 0.00202. The normalized spacial score (nSPS) is 14.9. The molecule has 0 radical (unpaired) electrons. The van der Waals surface area contributed by atoms with E-state index in [0.29, 0.717) is 0 Å². The average Bonchev–Trinajstić information content (AvgIpc) is 3.57. The van der Waals surface area contributed by atoms with Crippen molar-refractivity contribution in [3.63, 3.8) is 0 Å². The van der Waals surface area contributed by atoms with E-state index in [-0.39, 0.29) is 11.7 Å². The second kappa shape index (κ2) is 9.63. The van der Waals surface area contributed by atoms with Crippen molar-refractivity contribution in [2.75, 3.05) is 13.1 Å². The molecule has 194 valence electrons. The van der Waals surface area contributed by atoms with Gasteiger partial charge >= 0.3 is 5.69 Å². The summed E-state index contributed by atoms with van der Waals surface area (Å²) in [7, 11) is 0. The molecule has 0 bridgehead atoms. The molecule has 6 aromatic rings. The molecule has 0 aliphatic carbocycles. The SMILES string of the molecule is Cc1cn(C2CCN(Cc3ccc(-c4nc5cc6[nH]ncc6cc5nc4-c4ccccc4)cc3)CC2)c(=O)[nH]1. The van der Waals surface area contributed by atoms with Crippen LogP contribution < -0.4 is 5.69 Å². The summed E-state index contributed by atoms with van der Waals surface area (Å²) in [6.07, 6.45) is 5.71. The molecule has 0 spiro atoms. The zero-order valence-electron chi connectivity index (χ0n) is 21.8. The average molecular weight is 516 g/mol. The molecule has 3 aromatic carbocycles. The van der Waals surface area contributed by atoms with Crippen LogP contribution in [0.5, 0.6) is 0 Å². The summed E-state index contributed by atoms with van der Waals surface area (Å²) < 4.78 is 1.87. The van der Waals surface area contributed by atoms with Gasteiger partial charge in [-0.3, -0.25) is 14.6 Å². The number of H-pyrrole nitrogens is 2. The molecule has 8 nitrogen and oxygen atoms in total. The molecule has 0 amide bonds. The highest BCUT2D eigenvalue weighted by atomic mass is 16.1. The third-order valence-electron chi connectivity index (χ3n) is 7.73. The second-order valence-corrected chi connectivity index (χ2v) is 10.4. The monoisotopic (exact) mass is 515 g/mol. The molecule has 1 saturated heterocycles. The molecule has 3 aromatic heterocycles. The topological polar surface area (TPSA) is 95.5 Å². The summed E-state index contributed by atoms with van der Waals surface area (Å²) in [6, 6.07) is 23.3. The fourth-order valence-electron chi connectivity index (χ4n) is 5.68. The summed E-state index contributed by atoms with van der Waals surface area (Å²) in [5.41, 5.74) is 8.64. The Morgan fingerprint density at radius 3 is 2.28 bits per heavy atom. The number of aromatic nitrogens is 6. The highest BCUT2D eigenvalue weighted by Gasteiger charge is 2.22. The third-order valence-corrected chi connectivity index (χ3v) is 7.73. The van der Waals surface area contributed by atoms with E-state index in [4.69, 9.17) is 9.97 Å². The molecule has 1 aliphatic heterocycles. The summed E-state index contributed by atoms with van der Waals surface area (Å²) in [6.45, 7) is 4.76. The first-order valence-electron chi connectivity index (χ1n) is 13.4. The Labute approximate surface area is 225 Å². The first kappa shape index (κ1) is 23.5. The minimum Gasteiger partial charge on any atom is -0.310 e. The lowest BCUT2D eigenvalue weighted by Gasteiger charge is -2.32. The number of aromatic amines is 2. The number of nitrogens with one attached hydrogen (secondary N) is 2. The molecule has 0 unspecified atom stereocenters. The maximum atomic E-state index is 12.2. The number of nitrogens with zero attached hydrogens (tertiary/aromatic N) is 5. The number of piperidine rings is 1. The van der Waals surface area contributed by atoms with Crippen LogP contribution in [-0.4, -0.2) is 47.7 Å². The van der Waals surface area contributed by atoms with E-state index >= 15 is 0 Å². The van der Waals surface area contributed by atoms with Gasteiger partial charge in [0.1, 0.15) is 0 Å². The van der Waals surface area contributed by atoms with E-state index in [1.54, 1.807) is 0 Å². The number of likely N-dealkylation sites (tertiary alicyclic amines) is 1. The molecule has 2 N–H and O–H groups in total. The predicted octanol–water partition coefficient (Wildman–Crippen LogP) is 5.48. The van der Waals surface area contributed by atoms with Crippen LogP contribution in [-0.2, 0) is 6.54 Å². The molecule has 1 aliphatic rings. The Hall–Kier alpha value is -4.56. The van der Waals surface area contributed by atoms with Crippen LogP contribution >= 0.6 is 0 Å². The van der Waals surface area contributed by atoms with Gasteiger partial charge in [-0.25, -0.2) is 14.8 Å². The Morgan fingerprint density at radius 2 is 1.59 bits per heavy atom. The third kappa shape index (κ3) is 4.53. The van der Waals surface area contributed by atoms with Crippen LogP contribution in [0.25, 0.3) is 44.5 Å². The van der Waals surface area contributed by atoms with E-state index in [9.17, 15) is 4.79 Å². The molecule has 8 heteroatoms. The number of fused-ring (bicyclic) bond motifs is 2. The van der Waals surface area contributed by atoms with E-state index in [2.05, 4.69) is 56.5 Å². The van der Waals surface area contributed by atoms with E-state index in [1.165, 1.54) is 5.56 Å². The molecule has 1 fully saturated rings. The number of imidazole rings is 1. The first-order valence-corrected chi connectivity index (χ1v) is 13.4. The van der Waals surface area contributed by atoms with Crippen LogP contribution in [0.3, 0.4) is 0 Å². The Morgan fingerprint density at radius 1 is 0.897 bits per heavy atom. The lowest BCUT2D eigenvalue weighted by atomic mass is 10.0. The fourth-order valence-corrected chi connectivity index (χ4v) is 5.68. The standard InChI is InChI=1S/C31H29N7O/c1-20-18-38(31(39)33-20)25-11-13-37(14-12-25)19-21-7-9-23(10-8-21)30-29(22-5-3-2-4-6-22)34-27-15-24-17-32-36-26(24)16-28(27)35-30/h2-10,15-18,25H,11-14,19H2,1H3,(H,32,36)(H,33,39). The summed E-state index contributed by atoms with van der Waals surface area (Å²) in [5, 5.41) is 8.23. The van der Waals surface area contributed by atoms with Crippen molar-refractivity contribution >= 4 is 21.9 Å². The Balaban J connectivity index is 1.15. The maximum Gasteiger partial charge on any atom is 0.325 e. The number of hydrogen-bond acceptors (Lipinski definition) is 5. The number of hydrogen-bond donors (Lipinski definition) is 2. The van der Waals surface area contributed by atoms with Gasteiger partial charge in [-0.2, -0.15) is 5.10 Å².